The zero-order valence-corrected chi connectivity index (χ0v) is 20.6. The first-order valence-corrected chi connectivity index (χ1v) is 13.6. The first-order valence-electron chi connectivity index (χ1n) is 13.6. The molecule has 0 aromatic heterocycles. The Kier molecular flexibility index (Phi) is 5.55. The lowest BCUT2D eigenvalue weighted by Crippen LogP contribution is -2.50. The largest absolute Gasteiger partial charge is 0.0841 e. The summed E-state index contributed by atoms with van der Waals surface area (Å²) in [4.78, 5) is 0. The monoisotopic (exact) mass is 407 g/mol. The lowest BCUT2D eigenvalue weighted by atomic mass is 9.47. The van der Waals surface area contributed by atoms with Gasteiger partial charge < -0.3 is 0 Å². The minimum absolute atomic E-state index is 0.518. The Morgan fingerprint density at radius 2 is 1.80 bits per heavy atom. The van der Waals surface area contributed by atoms with Gasteiger partial charge in [0, 0.05) is 0 Å². The molecule has 5 aliphatic carbocycles. The molecule has 5 rings (SSSR count). The molecule has 0 aliphatic heterocycles. The fourth-order valence-electron chi connectivity index (χ4n) is 9.14. The van der Waals surface area contributed by atoms with E-state index < -0.39 is 0 Å². The molecular formula is C30H47. The third kappa shape index (κ3) is 3.47. The summed E-state index contributed by atoms with van der Waals surface area (Å²) in [6.45, 7) is 12.8. The molecule has 0 aromatic carbocycles. The maximum Gasteiger partial charge on any atom is -0.00790 e. The van der Waals surface area contributed by atoms with Gasteiger partial charge in [0.25, 0.3) is 0 Å². The van der Waals surface area contributed by atoms with Crippen molar-refractivity contribution in [3.63, 3.8) is 0 Å². The molecule has 4 saturated carbocycles. The summed E-state index contributed by atoms with van der Waals surface area (Å²) >= 11 is 0. The molecule has 0 bridgehead atoms. The van der Waals surface area contributed by atoms with Gasteiger partial charge in [0.2, 0.25) is 0 Å². The average Bonchev–Trinajstić information content (AvgIpc) is 3.48. The van der Waals surface area contributed by atoms with Crippen LogP contribution in [-0.4, -0.2) is 0 Å². The topological polar surface area (TPSA) is 0 Å². The van der Waals surface area contributed by atoms with Gasteiger partial charge in [-0.25, -0.2) is 0 Å². The van der Waals surface area contributed by atoms with Crippen LogP contribution in [-0.2, 0) is 0 Å². The van der Waals surface area contributed by atoms with Crippen LogP contribution >= 0.6 is 0 Å². The van der Waals surface area contributed by atoms with E-state index in [0.29, 0.717) is 10.8 Å². The van der Waals surface area contributed by atoms with Crippen molar-refractivity contribution in [2.75, 3.05) is 0 Å². The second kappa shape index (κ2) is 7.81. The molecule has 4 fully saturated rings. The van der Waals surface area contributed by atoms with Gasteiger partial charge in [0.15, 0.2) is 0 Å². The number of fused-ring (bicyclic) bond motifs is 5. The number of rotatable bonds is 5. The van der Waals surface area contributed by atoms with Gasteiger partial charge in [-0.05, 0) is 111 Å². The van der Waals surface area contributed by atoms with Crippen molar-refractivity contribution in [1.29, 1.82) is 0 Å². The SMILES string of the molecule is CC(C)CCCC(C)[C@H]1CC[C@H]2[C@@H]3CC=C4CC(=C5[CH]C5)CC[C@]4(C)[C@H]3CC[C@]12C. The molecule has 0 nitrogen and oxygen atoms in total. The first kappa shape index (κ1) is 21.3. The number of hydrogen-bond acceptors (Lipinski definition) is 0. The number of allylic oxidation sites excluding steroid dienone is 4. The van der Waals surface area contributed by atoms with E-state index in [2.05, 4.69) is 47.1 Å². The van der Waals surface area contributed by atoms with E-state index in [1.807, 2.05) is 5.57 Å². The van der Waals surface area contributed by atoms with Gasteiger partial charge in [0.1, 0.15) is 0 Å². The quantitative estimate of drug-likeness (QED) is 0.399. The highest BCUT2D eigenvalue weighted by molar-refractivity contribution is 5.43. The predicted octanol–water partition coefficient (Wildman–Crippen LogP) is 8.93. The van der Waals surface area contributed by atoms with Crippen LogP contribution in [0.25, 0.3) is 0 Å². The van der Waals surface area contributed by atoms with Gasteiger partial charge in [-0.1, -0.05) is 76.7 Å². The lowest BCUT2D eigenvalue weighted by Gasteiger charge is -2.58. The molecule has 167 valence electrons. The van der Waals surface area contributed by atoms with Crippen molar-refractivity contribution >= 4 is 0 Å². The first-order chi connectivity index (χ1) is 14.3. The van der Waals surface area contributed by atoms with E-state index in [9.17, 15) is 0 Å². The Morgan fingerprint density at radius 1 is 1.00 bits per heavy atom. The van der Waals surface area contributed by atoms with E-state index >= 15 is 0 Å². The van der Waals surface area contributed by atoms with E-state index in [-0.39, 0.29) is 0 Å². The van der Waals surface area contributed by atoms with Crippen molar-refractivity contribution in [2.24, 2.45) is 46.3 Å². The number of hydrogen-bond donors (Lipinski definition) is 0. The van der Waals surface area contributed by atoms with Crippen LogP contribution in [0.2, 0.25) is 0 Å². The van der Waals surface area contributed by atoms with Gasteiger partial charge in [-0.3, -0.25) is 0 Å². The Morgan fingerprint density at radius 3 is 2.53 bits per heavy atom. The second-order valence-electron chi connectivity index (χ2n) is 13.0. The fourth-order valence-corrected chi connectivity index (χ4v) is 9.14. The third-order valence-electron chi connectivity index (χ3n) is 11.0. The van der Waals surface area contributed by atoms with Crippen LogP contribution in [0.5, 0.6) is 0 Å². The van der Waals surface area contributed by atoms with Crippen molar-refractivity contribution in [3.8, 4) is 0 Å². The highest BCUT2D eigenvalue weighted by Crippen LogP contribution is 2.67. The van der Waals surface area contributed by atoms with Gasteiger partial charge >= 0.3 is 0 Å². The highest BCUT2D eigenvalue weighted by Gasteiger charge is 2.58. The summed E-state index contributed by atoms with van der Waals surface area (Å²) in [5.74, 6) is 5.74. The van der Waals surface area contributed by atoms with Crippen molar-refractivity contribution < 1.29 is 0 Å². The van der Waals surface area contributed by atoms with E-state index in [1.54, 1.807) is 11.1 Å². The van der Waals surface area contributed by atoms with Gasteiger partial charge in [-0.15, -0.1) is 0 Å². The maximum absolute atomic E-state index is 2.76. The third-order valence-corrected chi connectivity index (χ3v) is 11.0. The summed E-state index contributed by atoms with van der Waals surface area (Å²) < 4.78 is 0. The zero-order chi connectivity index (χ0) is 21.1. The van der Waals surface area contributed by atoms with Crippen molar-refractivity contribution in [3.05, 3.63) is 29.2 Å². The Hall–Kier alpha value is -0.520. The molecule has 1 unspecified atom stereocenters. The average molecular weight is 408 g/mol. The van der Waals surface area contributed by atoms with Crippen LogP contribution in [0.4, 0.5) is 0 Å². The molecule has 0 N–H and O–H groups in total. The Balaban J connectivity index is 1.32. The molecule has 7 atom stereocenters. The van der Waals surface area contributed by atoms with Crippen LogP contribution in [0.1, 0.15) is 112 Å². The fraction of sp³-hybridized carbons (Fsp3) is 0.833. The van der Waals surface area contributed by atoms with E-state index in [1.165, 1.54) is 77.0 Å². The van der Waals surface area contributed by atoms with Crippen LogP contribution < -0.4 is 0 Å². The molecule has 1 radical (unpaired) electrons. The van der Waals surface area contributed by atoms with Gasteiger partial charge in [0.05, 0.1) is 0 Å². The molecule has 0 heteroatoms. The van der Waals surface area contributed by atoms with Crippen LogP contribution in [0, 0.1) is 52.8 Å². The van der Waals surface area contributed by atoms with Crippen molar-refractivity contribution in [1.82, 2.24) is 0 Å². The van der Waals surface area contributed by atoms with Gasteiger partial charge in [-0.2, -0.15) is 0 Å². The summed E-state index contributed by atoms with van der Waals surface area (Å²) in [7, 11) is 0. The molecular weight excluding hydrogens is 360 g/mol. The lowest BCUT2D eigenvalue weighted by molar-refractivity contribution is -0.0481. The minimum Gasteiger partial charge on any atom is -0.0841 e. The van der Waals surface area contributed by atoms with E-state index in [0.717, 1.165) is 35.5 Å². The Bertz CT molecular complexity index is 716. The van der Waals surface area contributed by atoms with Crippen molar-refractivity contribution in [2.45, 2.75) is 112 Å². The molecule has 5 aliphatic rings. The summed E-state index contributed by atoms with van der Waals surface area (Å²) in [6, 6.07) is 0. The predicted molar refractivity (Wildman–Crippen MR) is 129 cm³/mol. The summed E-state index contributed by atoms with van der Waals surface area (Å²) in [5, 5.41) is 0. The molecule has 30 heavy (non-hydrogen) atoms. The molecule has 0 spiro atoms. The normalized spacial score (nSPS) is 46.1. The highest BCUT2D eigenvalue weighted by atomic mass is 14.6. The van der Waals surface area contributed by atoms with Crippen LogP contribution in [0.3, 0.4) is 0 Å². The Labute approximate surface area is 187 Å². The van der Waals surface area contributed by atoms with Crippen LogP contribution in [0.15, 0.2) is 22.8 Å². The maximum atomic E-state index is 2.76. The zero-order valence-electron chi connectivity index (χ0n) is 20.6. The van der Waals surface area contributed by atoms with E-state index in [4.69, 9.17) is 0 Å². The molecule has 0 saturated heterocycles. The summed E-state index contributed by atoms with van der Waals surface area (Å²) in [5.41, 5.74) is 6.50. The summed E-state index contributed by atoms with van der Waals surface area (Å²) in [6.07, 6.45) is 22.5. The minimum atomic E-state index is 0.518. The molecule has 0 aromatic rings. The molecule has 0 heterocycles. The molecule has 0 amide bonds. The standard InChI is InChI=1S/C30H47/c1-20(2)7-6-8-21(3)26-13-14-27-25-12-11-24-19-23(22-9-10-22)15-17-29(24,4)28(25)16-18-30(26,27)5/h9,11,20-21,25-28H,6-8,10,12-19H2,1-5H3/t21?,25-,26+,27-,28-,29-,30+/m0/s1. The second-order valence-corrected chi connectivity index (χ2v) is 13.0. The smallest absolute Gasteiger partial charge is 0.00790 e.